The van der Waals surface area contributed by atoms with Crippen molar-refractivity contribution in [3.05, 3.63) is 72.3 Å². The van der Waals surface area contributed by atoms with Crippen molar-refractivity contribution in [2.24, 2.45) is 0 Å². The van der Waals surface area contributed by atoms with E-state index in [1.165, 1.54) is 0 Å². The first-order valence-electron chi connectivity index (χ1n) is 7.58. The summed E-state index contributed by atoms with van der Waals surface area (Å²) in [6.45, 7) is 2.04. The molecule has 0 heterocycles. The van der Waals surface area contributed by atoms with Crippen LogP contribution in [0.2, 0.25) is 0 Å². The van der Waals surface area contributed by atoms with Crippen molar-refractivity contribution < 1.29 is 10.2 Å². The van der Waals surface area contributed by atoms with Crippen LogP contribution >= 0.6 is 0 Å². The molecule has 0 aliphatic rings. The van der Waals surface area contributed by atoms with Gasteiger partial charge in [0.1, 0.15) is 11.5 Å². The Kier molecular flexibility index (Phi) is 2.98. The summed E-state index contributed by atoms with van der Waals surface area (Å²) in [7, 11) is 0. The Morgan fingerprint density at radius 1 is 0.609 bits per heavy atom. The van der Waals surface area contributed by atoms with Crippen molar-refractivity contribution in [3.8, 4) is 22.6 Å². The van der Waals surface area contributed by atoms with E-state index >= 15 is 0 Å². The summed E-state index contributed by atoms with van der Waals surface area (Å²) in [5, 5.41) is 24.9. The lowest BCUT2D eigenvalue weighted by Gasteiger charge is -2.14. The Bertz CT molecular complexity index is 1050. The van der Waals surface area contributed by atoms with Crippen LogP contribution in [-0.2, 0) is 0 Å². The van der Waals surface area contributed by atoms with Gasteiger partial charge < -0.3 is 10.2 Å². The van der Waals surface area contributed by atoms with E-state index in [1.807, 2.05) is 55.5 Å². The van der Waals surface area contributed by atoms with Crippen molar-refractivity contribution in [3.63, 3.8) is 0 Å². The van der Waals surface area contributed by atoms with E-state index in [4.69, 9.17) is 0 Å². The van der Waals surface area contributed by atoms with Crippen LogP contribution in [0.1, 0.15) is 5.56 Å². The largest absolute Gasteiger partial charge is 0.507 e. The third-order valence-electron chi connectivity index (χ3n) is 4.31. The van der Waals surface area contributed by atoms with Crippen molar-refractivity contribution in [2.45, 2.75) is 6.92 Å². The predicted molar refractivity (Wildman–Crippen MR) is 95.0 cm³/mol. The molecular weight excluding hydrogens is 284 g/mol. The number of fused-ring (bicyclic) bond motifs is 2. The van der Waals surface area contributed by atoms with E-state index in [1.54, 1.807) is 12.1 Å². The molecule has 0 saturated heterocycles. The van der Waals surface area contributed by atoms with Crippen molar-refractivity contribution in [2.75, 3.05) is 0 Å². The number of hydrogen-bond acceptors (Lipinski definition) is 2. The van der Waals surface area contributed by atoms with Gasteiger partial charge in [0.25, 0.3) is 0 Å². The third-order valence-corrected chi connectivity index (χ3v) is 4.31. The molecule has 0 fully saturated rings. The van der Waals surface area contributed by atoms with Gasteiger partial charge in [-0.15, -0.1) is 0 Å². The highest BCUT2D eigenvalue weighted by Crippen LogP contribution is 2.44. The molecule has 23 heavy (non-hydrogen) atoms. The van der Waals surface area contributed by atoms with Gasteiger partial charge in [-0.3, -0.25) is 0 Å². The zero-order valence-electron chi connectivity index (χ0n) is 12.7. The maximum Gasteiger partial charge on any atom is 0.124 e. The van der Waals surface area contributed by atoms with Crippen LogP contribution < -0.4 is 0 Å². The molecule has 0 unspecified atom stereocenters. The van der Waals surface area contributed by atoms with Crippen LogP contribution in [0, 0.1) is 6.92 Å². The summed E-state index contributed by atoms with van der Waals surface area (Å²) in [6, 6.07) is 21.2. The number of aromatic hydroxyl groups is 2. The fourth-order valence-corrected chi connectivity index (χ4v) is 3.22. The Labute approximate surface area is 134 Å². The molecule has 0 radical (unpaired) electrons. The predicted octanol–water partition coefficient (Wildman–Crippen LogP) is 5.38. The van der Waals surface area contributed by atoms with Gasteiger partial charge in [0, 0.05) is 11.1 Å². The first-order valence-corrected chi connectivity index (χ1v) is 7.58. The molecule has 4 aromatic carbocycles. The lowest BCUT2D eigenvalue weighted by atomic mass is 9.92. The normalized spacial score (nSPS) is 11.2. The molecule has 112 valence electrons. The number of phenols is 2. The number of aryl methyl sites for hydroxylation is 1. The van der Waals surface area contributed by atoms with Crippen LogP contribution in [0.4, 0.5) is 0 Å². The first-order chi connectivity index (χ1) is 11.1. The molecule has 0 spiro atoms. The van der Waals surface area contributed by atoms with E-state index in [0.717, 1.165) is 27.1 Å². The van der Waals surface area contributed by atoms with E-state index in [2.05, 4.69) is 6.07 Å². The molecule has 0 aliphatic heterocycles. The Balaban J connectivity index is 2.19. The van der Waals surface area contributed by atoms with E-state index in [0.29, 0.717) is 11.1 Å². The summed E-state index contributed by atoms with van der Waals surface area (Å²) in [5.41, 5.74) is 2.52. The van der Waals surface area contributed by atoms with Gasteiger partial charge in [-0.25, -0.2) is 0 Å². The number of benzene rings is 4. The Morgan fingerprint density at radius 3 is 1.96 bits per heavy atom. The van der Waals surface area contributed by atoms with Crippen LogP contribution in [0.5, 0.6) is 11.5 Å². The lowest BCUT2D eigenvalue weighted by molar-refractivity contribution is 0.470. The molecule has 2 heteroatoms. The second kappa shape index (κ2) is 5.03. The summed E-state index contributed by atoms with van der Waals surface area (Å²) >= 11 is 0. The average Bonchev–Trinajstić information content (AvgIpc) is 2.56. The highest BCUT2D eigenvalue weighted by Gasteiger charge is 2.16. The molecule has 0 saturated carbocycles. The Morgan fingerprint density at radius 2 is 1.22 bits per heavy atom. The van der Waals surface area contributed by atoms with E-state index < -0.39 is 0 Å². The van der Waals surface area contributed by atoms with Gasteiger partial charge >= 0.3 is 0 Å². The summed E-state index contributed by atoms with van der Waals surface area (Å²) in [4.78, 5) is 0. The summed E-state index contributed by atoms with van der Waals surface area (Å²) in [6.07, 6.45) is 0. The molecule has 0 aromatic heterocycles. The molecule has 2 nitrogen and oxygen atoms in total. The van der Waals surface area contributed by atoms with Crippen LogP contribution in [0.25, 0.3) is 32.7 Å². The smallest absolute Gasteiger partial charge is 0.124 e. The zero-order valence-corrected chi connectivity index (χ0v) is 12.7. The van der Waals surface area contributed by atoms with Crippen LogP contribution in [0.3, 0.4) is 0 Å². The monoisotopic (exact) mass is 300 g/mol. The lowest BCUT2D eigenvalue weighted by Crippen LogP contribution is -1.87. The fraction of sp³-hybridized carbons (Fsp3) is 0.0476. The van der Waals surface area contributed by atoms with Crippen LogP contribution in [-0.4, -0.2) is 10.2 Å². The summed E-state index contributed by atoms with van der Waals surface area (Å²) < 4.78 is 0. The average molecular weight is 300 g/mol. The van der Waals surface area contributed by atoms with Gasteiger partial charge in [-0.1, -0.05) is 60.2 Å². The van der Waals surface area contributed by atoms with Crippen molar-refractivity contribution >= 4 is 21.5 Å². The van der Waals surface area contributed by atoms with Gasteiger partial charge in [-0.05, 0) is 40.6 Å². The molecule has 0 amide bonds. The Hall–Kier alpha value is -3.00. The molecule has 0 aliphatic carbocycles. The maximum absolute atomic E-state index is 10.5. The fourth-order valence-electron chi connectivity index (χ4n) is 3.22. The standard InChI is InChI=1S/C21H16O2/c1-13-6-9-17-15(12-13)8-11-19(23)21(17)20-16-5-3-2-4-14(16)7-10-18(20)22/h2-12,22-23H,1H3. The molecule has 2 N–H and O–H groups in total. The minimum Gasteiger partial charge on any atom is -0.507 e. The summed E-state index contributed by atoms with van der Waals surface area (Å²) in [5.74, 6) is 0.347. The minimum absolute atomic E-state index is 0.173. The van der Waals surface area contributed by atoms with Gasteiger partial charge in [0.2, 0.25) is 0 Å². The van der Waals surface area contributed by atoms with E-state index in [-0.39, 0.29) is 11.5 Å². The molecule has 0 atom stereocenters. The van der Waals surface area contributed by atoms with Gasteiger partial charge in [-0.2, -0.15) is 0 Å². The van der Waals surface area contributed by atoms with Gasteiger partial charge in [0.05, 0.1) is 0 Å². The van der Waals surface area contributed by atoms with E-state index in [9.17, 15) is 10.2 Å². The number of phenolic OH excluding ortho intramolecular Hbond substituents is 2. The number of rotatable bonds is 1. The zero-order chi connectivity index (χ0) is 16.0. The minimum atomic E-state index is 0.173. The molecular formula is C21H16O2. The maximum atomic E-state index is 10.5. The molecule has 4 rings (SSSR count). The van der Waals surface area contributed by atoms with Crippen molar-refractivity contribution in [1.29, 1.82) is 0 Å². The molecule has 4 aromatic rings. The van der Waals surface area contributed by atoms with Crippen LogP contribution in [0.15, 0.2) is 66.7 Å². The second-order valence-corrected chi connectivity index (χ2v) is 5.87. The third kappa shape index (κ3) is 2.11. The van der Waals surface area contributed by atoms with Gasteiger partial charge in [0.15, 0.2) is 0 Å². The quantitative estimate of drug-likeness (QED) is 0.495. The first kappa shape index (κ1) is 13.6. The number of hydrogen-bond donors (Lipinski definition) is 2. The topological polar surface area (TPSA) is 40.5 Å². The second-order valence-electron chi connectivity index (χ2n) is 5.87. The highest BCUT2D eigenvalue weighted by atomic mass is 16.3. The van der Waals surface area contributed by atoms with Crippen molar-refractivity contribution in [1.82, 2.24) is 0 Å². The SMILES string of the molecule is Cc1ccc2c(-c3c(O)ccc4ccccc34)c(O)ccc2c1. The highest BCUT2D eigenvalue weighted by molar-refractivity contribution is 6.09. The molecule has 0 bridgehead atoms.